The smallest absolute Gasteiger partial charge is 0.0704 e. The minimum Gasteiger partial charge on any atom is -0.309 e. The van der Waals surface area contributed by atoms with Crippen molar-refractivity contribution in [2.75, 3.05) is 19.6 Å². The molecule has 0 radical (unpaired) electrons. The average Bonchev–Trinajstić information content (AvgIpc) is 3.16. The van der Waals surface area contributed by atoms with Crippen molar-refractivity contribution in [3.8, 4) is 0 Å². The largest absolute Gasteiger partial charge is 0.309 e. The van der Waals surface area contributed by atoms with E-state index in [2.05, 4.69) is 39.1 Å². The lowest BCUT2D eigenvalue weighted by atomic mass is 9.94. The first kappa shape index (κ1) is 14.1. The average molecular weight is 343 g/mol. The number of nitrogens with one attached hydrogen (secondary N) is 1. The molecule has 0 aliphatic heterocycles. The number of hydrogen-bond acceptors (Lipinski definition) is 3. The van der Waals surface area contributed by atoms with Crippen LogP contribution in [0.15, 0.2) is 9.85 Å². The summed E-state index contributed by atoms with van der Waals surface area (Å²) in [5.74, 6) is 0. The molecule has 4 heteroatoms. The highest BCUT2D eigenvalue weighted by Gasteiger charge is 2.28. The molecular formula is C15H23BrN2S. The zero-order valence-electron chi connectivity index (χ0n) is 11.6. The summed E-state index contributed by atoms with van der Waals surface area (Å²) in [7, 11) is 0. The maximum Gasteiger partial charge on any atom is 0.0704 e. The molecule has 2 aliphatic carbocycles. The van der Waals surface area contributed by atoms with Gasteiger partial charge in [0.1, 0.15) is 0 Å². The van der Waals surface area contributed by atoms with Crippen molar-refractivity contribution < 1.29 is 0 Å². The van der Waals surface area contributed by atoms with Crippen LogP contribution in [0.25, 0.3) is 0 Å². The Morgan fingerprint density at radius 1 is 1.42 bits per heavy atom. The van der Waals surface area contributed by atoms with Gasteiger partial charge in [0.05, 0.1) is 3.79 Å². The number of nitrogens with zero attached hydrogens (tertiary/aromatic N) is 1. The van der Waals surface area contributed by atoms with Gasteiger partial charge in [-0.15, -0.1) is 11.3 Å². The second kappa shape index (κ2) is 6.25. The molecule has 3 rings (SSSR count). The number of aryl methyl sites for hydroxylation is 1. The van der Waals surface area contributed by atoms with Crippen molar-refractivity contribution in [1.29, 1.82) is 0 Å². The number of halogens is 1. The SMILES string of the molecule is CCN(CCNC1CCCc2sc(Br)cc21)C1CC1. The quantitative estimate of drug-likeness (QED) is 0.841. The Bertz CT molecular complexity index is 428. The summed E-state index contributed by atoms with van der Waals surface area (Å²) in [5.41, 5.74) is 1.55. The van der Waals surface area contributed by atoms with E-state index in [0.717, 1.165) is 12.6 Å². The summed E-state index contributed by atoms with van der Waals surface area (Å²) in [6.45, 7) is 5.82. The Hall–Kier alpha value is 0.100. The van der Waals surface area contributed by atoms with Crippen molar-refractivity contribution in [2.45, 2.75) is 51.1 Å². The van der Waals surface area contributed by atoms with Gasteiger partial charge in [0.15, 0.2) is 0 Å². The summed E-state index contributed by atoms with van der Waals surface area (Å²) < 4.78 is 1.29. The van der Waals surface area contributed by atoms with Crippen LogP contribution in [0, 0.1) is 0 Å². The molecule has 19 heavy (non-hydrogen) atoms. The second-order valence-corrected chi connectivity index (χ2v) is 8.20. The van der Waals surface area contributed by atoms with Crippen LogP contribution in [0.3, 0.4) is 0 Å². The molecule has 2 nitrogen and oxygen atoms in total. The van der Waals surface area contributed by atoms with Gasteiger partial charge in [0.25, 0.3) is 0 Å². The standard InChI is InChI=1S/C15H23BrN2S/c1-2-18(11-6-7-11)9-8-17-13-4-3-5-14-12(13)10-15(16)19-14/h10-11,13,17H,2-9H2,1H3. The Kier molecular flexibility index (Phi) is 4.62. The zero-order valence-corrected chi connectivity index (χ0v) is 14.0. The third-order valence-corrected chi connectivity index (χ3v) is 6.06. The van der Waals surface area contributed by atoms with Crippen LogP contribution in [0.2, 0.25) is 0 Å². The van der Waals surface area contributed by atoms with Gasteiger partial charge >= 0.3 is 0 Å². The topological polar surface area (TPSA) is 15.3 Å². The molecule has 0 saturated heterocycles. The first-order chi connectivity index (χ1) is 9.28. The molecule has 0 spiro atoms. The van der Waals surface area contributed by atoms with Gasteiger partial charge in [-0.05, 0) is 66.2 Å². The third kappa shape index (κ3) is 3.41. The van der Waals surface area contributed by atoms with Crippen molar-refractivity contribution in [2.24, 2.45) is 0 Å². The van der Waals surface area contributed by atoms with Crippen LogP contribution in [-0.4, -0.2) is 30.6 Å². The van der Waals surface area contributed by atoms with E-state index < -0.39 is 0 Å². The molecule has 1 aromatic rings. The van der Waals surface area contributed by atoms with E-state index in [-0.39, 0.29) is 0 Å². The highest BCUT2D eigenvalue weighted by Crippen LogP contribution is 2.37. The third-order valence-electron chi connectivity index (χ3n) is 4.34. The lowest BCUT2D eigenvalue weighted by Gasteiger charge is -2.26. The Balaban J connectivity index is 1.53. The monoisotopic (exact) mass is 342 g/mol. The molecule has 0 bridgehead atoms. The van der Waals surface area contributed by atoms with E-state index in [1.807, 2.05) is 11.3 Å². The fraction of sp³-hybridized carbons (Fsp3) is 0.733. The minimum absolute atomic E-state index is 0.587. The van der Waals surface area contributed by atoms with E-state index in [4.69, 9.17) is 0 Å². The predicted octanol–water partition coefficient (Wildman–Crippen LogP) is 3.96. The number of fused-ring (bicyclic) bond motifs is 1. The van der Waals surface area contributed by atoms with Gasteiger partial charge in [-0.3, -0.25) is 4.90 Å². The van der Waals surface area contributed by atoms with Crippen LogP contribution in [0.5, 0.6) is 0 Å². The molecule has 1 aromatic heterocycles. The molecule has 1 saturated carbocycles. The van der Waals surface area contributed by atoms with Gasteiger partial charge in [0, 0.05) is 30.1 Å². The maximum atomic E-state index is 3.78. The predicted molar refractivity (Wildman–Crippen MR) is 86.0 cm³/mol. The summed E-state index contributed by atoms with van der Waals surface area (Å²) in [5, 5.41) is 3.78. The van der Waals surface area contributed by atoms with Gasteiger partial charge < -0.3 is 5.32 Å². The number of hydrogen-bond donors (Lipinski definition) is 1. The highest BCUT2D eigenvalue weighted by molar-refractivity contribution is 9.11. The second-order valence-electron chi connectivity index (χ2n) is 5.69. The van der Waals surface area contributed by atoms with Crippen LogP contribution in [-0.2, 0) is 6.42 Å². The highest BCUT2D eigenvalue weighted by atomic mass is 79.9. The molecule has 2 aliphatic rings. The first-order valence-electron chi connectivity index (χ1n) is 7.53. The Morgan fingerprint density at radius 3 is 3.00 bits per heavy atom. The molecule has 106 valence electrons. The van der Waals surface area contributed by atoms with Crippen molar-refractivity contribution in [1.82, 2.24) is 10.2 Å². The van der Waals surface area contributed by atoms with Gasteiger partial charge in [-0.2, -0.15) is 0 Å². The molecule has 0 amide bonds. The maximum absolute atomic E-state index is 3.78. The van der Waals surface area contributed by atoms with Gasteiger partial charge in [0.2, 0.25) is 0 Å². The van der Waals surface area contributed by atoms with Crippen LogP contribution < -0.4 is 5.32 Å². The molecule has 0 aromatic carbocycles. The van der Waals surface area contributed by atoms with Gasteiger partial charge in [-0.25, -0.2) is 0 Å². The van der Waals surface area contributed by atoms with Crippen LogP contribution >= 0.6 is 27.3 Å². The number of likely N-dealkylation sites (N-methyl/N-ethyl adjacent to an activating group) is 1. The van der Waals surface area contributed by atoms with E-state index in [1.165, 1.54) is 49.0 Å². The lowest BCUT2D eigenvalue weighted by Crippen LogP contribution is -2.35. The van der Waals surface area contributed by atoms with E-state index in [1.54, 1.807) is 10.4 Å². The van der Waals surface area contributed by atoms with Crippen molar-refractivity contribution >= 4 is 27.3 Å². The van der Waals surface area contributed by atoms with Crippen LogP contribution in [0.4, 0.5) is 0 Å². The Morgan fingerprint density at radius 2 is 2.26 bits per heavy atom. The van der Waals surface area contributed by atoms with Crippen LogP contribution in [0.1, 0.15) is 49.1 Å². The molecule has 1 fully saturated rings. The Labute approximate surface area is 128 Å². The minimum atomic E-state index is 0.587. The first-order valence-corrected chi connectivity index (χ1v) is 9.14. The van der Waals surface area contributed by atoms with E-state index >= 15 is 0 Å². The zero-order chi connectivity index (χ0) is 13.2. The number of thiophene rings is 1. The summed E-state index contributed by atoms with van der Waals surface area (Å²) >= 11 is 5.55. The van der Waals surface area contributed by atoms with E-state index in [0.29, 0.717) is 6.04 Å². The lowest BCUT2D eigenvalue weighted by molar-refractivity contribution is 0.270. The summed E-state index contributed by atoms with van der Waals surface area (Å²) in [6.07, 6.45) is 6.73. The molecule has 1 N–H and O–H groups in total. The number of rotatable bonds is 6. The summed E-state index contributed by atoms with van der Waals surface area (Å²) in [4.78, 5) is 4.21. The van der Waals surface area contributed by atoms with Crippen molar-refractivity contribution in [3.63, 3.8) is 0 Å². The van der Waals surface area contributed by atoms with Crippen molar-refractivity contribution in [3.05, 3.63) is 20.3 Å². The molecule has 1 unspecified atom stereocenters. The molecule has 1 heterocycles. The normalized spacial score (nSPS) is 22.8. The van der Waals surface area contributed by atoms with E-state index in [9.17, 15) is 0 Å². The molecule has 1 atom stereocenters. The fourth-order valence-corrected chi connectivity index (χ4v) is 4.97. The fourth-order valence-electron chi connectivity index (χ4n) is 3.15. The van der Waals surface area contributed by atoms with Gasteiger partial charge in [-0.1, -0.05) is 6.92 Å². The summed E-state index contributed by atoms with van der Waals surface area (Å²) in [6, 6.07) is 3.81. The molecular weight excluding hydrogens is 320 g/mol.